The topological polar surface area (TPSA) is 49.4 Å². The van der Waals surface area contributed by atoms with Crippen LogP contribution in [-0.2, 0) is 15.8 Å². The molecule has 0 bridgehead atoms. The van der Waals surface area contributed by atoms with Crippen molar-refractivity contribution >= 4 is 10.0 Å². The fourth-order valence-corrected chi connectivity index (χ4v) is 4.82. The first-order valence-electron chi connectivity index (χ1n) is 8.60. The first-order chi connectivity index (χ1) is 10.9. The van der Waals surface area contributed by atoms with Crippen molar-refractivity contribution in [1.29, 1.82) is 0 Å². The van der Waals surface area contributed by atoms with Gasteiger partial charge in [-0.1, -0.05) is 38.1 Å². The smallest absolute Gasteiger partial charge is 0.215 e. The molecule has 1 saturated heterocycles. The van der Waals surface area contributed by atoms with Gasteiger partial charge in [-0.2, -0.15) is 0 Å². The number of nitrogens with one attached hydrogen (secondary N) is 1. The number of benzene rings is 1. The molecule has 1 aliphatic heterocycles. The summed E-state index contributed by atoms with van der Waals surface area (Å²) in [6.45, 7) is 10.3. The quantitative estimate of drug-likeness (QED) is 0.778. The van der Waals surface area contributed by atoms with E-state index in [0.717, 1.165) is 49.0 Å². The highest BCUT2D eigenvalue weighted by atomic mass is 32.2. The molecule has 0 amide bonds. The van der Waals surface area contributed by atoms with Gasteiger partial charge in [-0.15, -0.1) is 0 Å². The molecule has 1 aliphatic rings. The van der Waals surface area contributed by atoms with Gasteiger partial charge in [0.1, 0.15) is 0 Å². The molecule has 0 aromatic heterocycles. The van der Waals surface area contributed by atoms with E-state index >= 15 is 0 Å². The van der Waals surface area contributed by atoms with Gasteiger partial charge in [0.2, 0.25) is 10.0 Å². The van der Waals surface area contributed by atoms with Crippen LogP contribution in [0.2, 0.25) is 0 Å². The van der Waals surface area contributed by atoms with Gasteiger partial charge in [0.15, 0.2) is 0 Å². The van der Waals surface area contributed by atoms with E-state index in [1.54, 1.807) is 0 Å². The lowest BCUT2D eigenvalue weighted by atomic mass is 9.92. The lowest BCUT2D eigenvalue weighted by Crippen LogP contribution is -2.40. The first kappa shape index (κ1) is 18.4. The van der Waals surface area contributed by atoms with Gasteiger partial charge in [-0.05, 0) is 49.3 Å². The molecule has 1 N–H and O–H groups in total. The number of aryl methyl sites for hydroxylation is 1. The third kappa shape index (κ3) is 6.24. The Kier molecular flexibility index (Phi) is 6.62. The molecule has 4 nitrogen and oxygen atoms in total. The minimum atomic E-state index is -3.25. The molecular weight excluding hydrogens is 308 g/mol. The van der Waals surface area contributed by atoms with E-state index in [2.05, 4.69) is 23.5 Å². The molecule has 1 fully saturated rings. The van der Waals surface area contributed by atoms with E-state index in [1.165, 1.54) is 6.42 Å². The molecule has 0 spiro atoms. The average molecular weight is 339 g/mol. The summed E-state index contributed by atoms with van der Waals surface area (Å²) in [5.74, 6) is 1.56. The Morgan fingerprint density at radius 2 is 1.83 bits per heavy atom. The van der Waals surface area contributed by atoms with Crippen molar-refractivity contribution in [1.82, 2.24) is 9.62 Å². The van der Waals surface area contributed by atoms with Crippen LogP contribution in [0.15, 0.2) is 24.3 Å². The van der Waals surface area contributed by atoms with Crippen molar-refractivity contribution in [2.45, 2.75) is 39.4 Å². The standard InChI is InChI=1S/C18H30N2O2S/c1-15-11-16(2)13-20(12-15)10-6-9-19-23(21,22)14-18-8-5-4-7-17(18)3/h4-5,7-8,15-16,19H,6,9-14H2,1-3H3/t15-,16+. The third-order valence-corrected chi connectivity index (χ3v) is 5.86. The predicted molar refractivity (Wildman–Crippen MR) is 95.8 cm³/mol. The van der Waals surface area contributed by atoms with Gasteiger partial charge in [-0.25, -0.2) is 13.1 Å². The Bertz CT molecular complexity index is 591. The summed E-state index contributed by atoms with van der Waals surface area (Å²) < 4.78 is 27.1. The zero-order valence-electron chi connectivity index (χ0n) is 14.6. The summed E-state index contributed by atoms with van der Waals surface area (Å²) >= 11 is 0. The van der Waals surface area contributed by atoms with E-state index in [9.17, 15) is 8.42 Å². The fraction of sp³-hybridized carbons (Fsp3) is 0.667. The summed E-state index contributed by atoms with van der Waals surface area (Å²) in [6, 6.07) is 7.64. The van der Waals surface area contributed by atoms with Gasteiger partial charge in [0.25, 0.3) is 0 Å². The summed E-state index contributed by atoms with van der Waals surface area (Å²) in [5.41, 5.74) is 1.90. The van der Waals surface area contributed by atoms with Crippen LogP contribution in [0.25, 0.3) is 0 Å². The molecule has 0 saturated carbocycles. The maximum absolute atomic E-state index is 12.2. The highest BCUT2D eigenvalue weighted by molar-refractivity contribution is 7.88. The Labute approximate surface area is 141 Å². The molecule has 23 heavy (non-hydrogen) atoms. The average Bonchev–Trinajstić information content (AvgIpc) is 2.45. The van der Waals surface area contributed by atoms with Crippen LogP contribution in [0.5, 0.6) is 0 Å². The molecule has 5 heteroatoms. The minimum absolute atomic E-state index is 0.0669. The second-order valence-corrected chi connectivity index (χ2v) is 8.95. The van der Waals surface area contributed by atoms with E-state index in [1.807, 2.05) is 31.2 Å². The first-order valence-corrected chi connectivity index (χ1v) is 10.2. The van der Waals surface area contributed by atoms with Gasteiger partial charge >= 0.3 is 0 Å². The van der Waals surface area contributed by atoms with Crippen LogP contribution in [0.1, 0.15) is 37.8 Å². The Balaban J connectivity index is 1.74. The lowest BCUT2D eigenvalue weighted by molar-refractivity contribution is 0.140. The van der Waals surface area contributed by atoms with Crippen LogP contribution in [0.3, 0.4) is 0 Å². The molecule has 1 aromatic carbocycles. The summed E-state index contributed by atoms with van der Waals surface area (Å²) in [6.07, 6.45) is 2.17. The van der Waals surface area contributed by atoms with Crippen LogP contribution < -0.4 is 4.72 Å². The SMILES string of the molecule is Cc1ccccc1CS(=O)(=O)NCCCN1C[C@H](C)C[C@H](C)C1. The summed E-state index contributed by atoms with van der Waals surface area (Å²) in [5, 5.41) is 0. The molecule has 2 atom stereocenters. The van der Waals surface area contributed by atoms with Crippen molar-refractivity contribution in [3.8, 4) is 0 Å². The molecule has 1 aromatic rings. The minimum Gasteiger partial charge on any atom is -0.303 e. The van der Waals surface area contributed by atoms with Gasteiger partial charge in [-0.3, -0.25) is 0 Å². The maximum Gasteiger partial charge on any atom is 0.215 e. The zero-order chi connectivity index (χ0) is 16.9. The number of piperidine rings is 1. The predicted octanol–water partition coefficient (Wildman–Crippen LogP) is 2.78. The molecule has 0 unspecified atom stereocenters. The number of likely N-dealkylation sites (tertiary alicyclic amines) is 1. The van der Waals surface area contributed by atoms with Crippen LogP contribution in [-0.4, -0.2) is 39.5 Å². The van der Waals surface area contributed by atoms with Crippen molar-refractivity contribution in [3.63, 3.8) is 0 Å². The van der Waals surface area contributed by atoms with Gasteiger partial charge in [0.05, 0.1) is 5.75 Å². The number of nitrogens with zero attached hydrogens (tertiary/aromatic N) is 1. The Morgan fingerprint density at radius 3 is 2.48 bits per heavy atom. The zero-order valence-corrected chi connectivity index (χ0v) is 15.4. The largest absolute Gasteiger partial charge is 0.303 e. The number of hydrogen-bond donors (Lipinski definition) is 1. The van der Waals surface area contributed by atoms with E-state index in [4.69, 9.17) is 0 Å². The number of hydrogen-bond acceptors (Lipinski definition) is 3. The van der Waals surface area contributed by atoms with Crippen molar-refractivity contribution in [3.05, 3.63) is 35.4 Å². The monoisotopic (exact) mass is 338 g/mol. The fourth-order valence-electron chi connectivity index (χ4n) is 3.53. The molecule has 1 heterocycles. The van der Waals surface area contributed by atoms with Crippen molar-refractivity contribution in [2.75, 3.05) is 26.2 Å². The summed E-state index contributed by atoms with van der Waals surface area (Å²) in [7, 11) is -3.25. The van der Waals surface area contributed by atoms with E-state index < -0.39 is 10.0 Å². The van der Waals surface area contributed by atoms with Crippen molar-refractivity contribution in [2.24, 2.45) is 11.8 Å². The number of sulfonamides is 1. The molecule has 2 rings (SSSR count). The van der Waals surface area contributed by atoms with E-state index in [0.29, 0.717) is 6.54 Å². The Hall–Kier alpha value is -0.910. The van der Waals surface area contributed by atoms with Crippen molar-refractivity contribution < 1.29 is 8.42 Å². The highest BCUT2D eigenvalue weighted by Gasteiger charge is 2.21. The second kappa shape index (κ2) is 8.27. The summed E-state index contributed by atoms with van der Waals surface area (Å²) in [4.78, 5) is 2.47. The Morgan fingerprint density at radius 1 is 1.17 bits per heavy atom. The molecular formula is C18H30N2O2S. The molecule has 0 radical (unpaired) electrons. The van der Waals surface area contributed by atoms with Gasteiger partial charge in [0, 0.05) is 19.6 Å². The van der Waals surface area contributed by atoms with Crippen LogP contribution >= 0.6 is 0 Å². The van der Waals surface area contributed by atoms with Crippen LogP contribution in [0.4, 0.5) is 0 Å². The molecule has 0 aliphatic carbocycles. The third-order valence-electron chi connectivity index (χ3n) is 4.52. The highest BCUT2D eigenvalue weighted by Crippen LogP contribution is 2.20. The second-order valence-electron chi connectivity index (χ2n) is 7.14. The number of rotatable bonds is 7. The van der Waals surface area contributed by atoms with E-state index in [-0.39, 0.29) is 5.75 Å². The van der Waals surface area contributed by atoms with Crippen LogP contribution in [0, 0.1) is 18.8 Å². The lowest BCUT2D eigenvalue weighted by Gasteiger charge is -2.34. The van der Waals surface area contributed by atoms with Gasteiger partial charge < -0.3 is 4.90 Å². The normalized spacial score (nSPS) is 23.1. The molecule has 130 valence electrons. The maximum atomic E-state index is 12.2.